The first kappa shape index (κ1) is 14.0. The quantitative estimate of drug-likeness (QED) is 0.930. The monoisotopic (exact) mass is 274 g/mol. The van der Waals surface area contributed by atoms with E-state index in [9.17, 15) is 8.78 Å². The number of halogens is 2. The highest BCUT2D eigenvalue weighted by molar-refractivity contribution is 5.26. The molecule has 0 radical (unpaired) electrons. The molecule has 2 aromatic rings. The van der Waals surface area contributed by atoms with E-state index >= 15 is 0 Å². The van der Waals surface area contributed by atoms with Crippen LogP contribution in [0.4, 0.5) is 8.78 Å². The van der Waals surface area contributed by atoms with E-state index in [1.165, 1.54) is 6.20 Å². The average Bonchev–Trinajstić information content (AvgIpc) is 2.45. The Bertz CT molecular complexity index is 635. The van der Waals surface area contributed by atoms with Crippen LogP contribution in [0.2, 0.25) is 0 Å². The summed E-state index contributed by atoms with van der Waals surface area (Å²) in [6.45, 7) is 2.12. The Balaban J connectivity index is 2.01. The van der Waals surface area contributed by atoms with Crippen molar-refractivity contribution in [3.63, 3.8) is 0 Å². The van der Waals surface area contributed by atoms with Gasteiger partial charge in [-0.25, -0.2) is 8.78 Å². The molecule has 1 atom stereocenters. The Hall–Kier alpha value is -2.39. The molecule has 2 rings (SSSR count). The van der Waals surface area contributed by atoms with Crippen molar-refractivity contribution in [3.05, 3.63) is 59.2 Å². The summed E-state index contributed by atoms with van der Waals surface area (Å²) in [6, 6.07) is 5.78. The Morgan fingerprint density at radius 3 is 2.70 bits per heavy atom. The van der Waals surface area contributed by atoms with Gasteiger partial charge in [0.25, 0.3) is 0 Å². The van der Waals surface area contributed by atoms with Crippen LogP contribution in [0.5, 0.6) is 0 Å². The van der Waals surface area contributed by atoms with Gasteiger partial charge in [-0.05, 0) is 19.1 Å². The molecule has 4 nitrogen and oxygen atoms in total. The predicted molar refractivity (Wildman–Crippen MR) is 68.4 cm³/mol. The van der Waals surface area contributed by atoms with Crippen LogP contribution in [0, 0.1) is 23.0 Å². The van der Waals surface area contributed by atoms with E-state index in [-0.39, 0.29) is 11.7 Å². The first-order valence-electron chi connectivity index (χ1n) is 5.99. The number of pyridine rings is 2. The van der Waals surface area contributed by atoms with Gasteiger partial charge < -0.3 is 5.32 Å². The average molecular weight is 274 g/mol. The highest BCUT2D eigenvalue weighted by Crippen LogP contribution is 2.15. The zero-order valence-corrected chi connectivity index (χ0v) is 10.8. The van der Waals surface area contributed by atoms with Crippen LogP contribution in [0.15, 0.2) is 30.6 Å². The number of nitrogens with zero attached hydrogens (tertiary/aromatic N) is 3. The molecule has 2 aromatic heterocycles. The largest absolute Gasteiger partial charge is 0.303 e. The van der Waals surface area contributed by atoms with Crippen molar-refractivity contribution in [2.75, 3.05) is 0 Å². The van der Waals surface area contributed by atoms with E-state index in [4.69, 9.17) is 5.26 Å². The zero-order valence-electron chi connectivity index (χ0n) is 10.8. The summed E-state index contributed by atoms with van der Waals surface area (Å²) in [6.07, 6.45) is 2.45. The number of aromatic nitrogens is 2. The molecule has 0 aromatic carbocycles. The number of nitriles is 1. The van der Waals surface area contributed by atoms with Crippen LogP contribution in [0.1, 0.15) is 29.9 Å². The molecule has 0 amide bonds. The molecular formula is C14H12F2N4. The lowest BCUT2D eigenvalue weighted by Gasteiger charge is -2.13. The number of nitrogens with one attached hydrogen (secondary N) is 1. The molecule has 0 bridgehead atoms. The summed E-state index contributed by atoms with van der Waals surface area (Å²) in [4.78, 5) is 7.83. The van der Waals surface area contributed by atoms with E-state index in [1.54, 1.807) is 19.1 Å². The zero-order chi connectivity index (χ0) is 14.5. The Morgan fingerprint density at radius 2 is 2.10 bits per heavy atom. The van der Waals surface area contributed by atoms with Gasteiger partial charge in [-0.2, -0.15) is 5.26 Å². The molecule has 0 aliphatic heterocycles. The first-order chi connectivity index (χ1) is 9.60. The van der Waals surface area contributed by atoms with Crippen LogP contribution in [-0.2, 0) is 6.54 Å². The summed E-state index contributed by atoms with van der Waals surface area (Å²) < 4.78 is 26.3. The van der Waals surface area contributed by atoms with Gasteiger partial charge in [-0.15, -0.1) is 0 Å². The second kappa shape index (κ2) is 6.17. The summed E-state index contributed by atoms with van der Waals surface area (Å²) in [5.74, 6) is -1.38. The molecule has 20 heavy (non-hydrogen) atoms. The molecule has 2 heterocycles. The van der Waals surface area contributed by atoms with E-state index in [0.717, 1.165) is 18.0 Å². The Morgan fingerprint density at radius 1 is 1.30 bits per heavy atom. The molecule has 0 fully saturated rings. The normalized spacial score (nSPS) is 11.9. The van der Waals surface area contributed by atoms with Gasteiger partial charge in [0.2, 0.25) is 0 Å². The third kappa shape index (κ3) is 3.33. The molecule has 102 valence electrons. The third-order valence-corrected chi connectivity index (χ3v) is 2.79. The maximum atomic E-state index is 13.5. The molecule has 0 spiro atoms. The molecule has 6 heteroatoms. The number of hydrogen-bond donors (Lipinski definition) is 1. The van der Waals surface area contributed by atoms with Gasteiger partial charge in [0.15, 0.2) is 0 Å². The van der Waals surface area contributed by atoms with Crippen molar-refractivity contribution in [3.8, 4) is 6.07 Å². The summed E-state index contributed by atoms with van der Waals surface area (Å²) in [7, 11) is 0. The first-order valence-corrected chi connectivity index (χ1v) is 5.99. The van der Waals surface area contributed by atoms with Crippen molar-refractivity contribution in [2.24, 2.45) is 0 Å². The van der Waals surface area contributed by atoms with Crippen molar-refractivity contribution >= 4 is 0 Å². The van der Waals surface area contributed by atoms with Crippen molar-refractivity contribution in [1.82, 2.24) is 15.3 Å². The van der Waals surface area contributed by atoms with Crippen LogP contribution in [0.25, 0.3) is 0 Å². The van der Waals surface area contributed by atoms with Crippen molar-refractivity contribution < 1.29 is 8.78 Å². The molecule has 1 N–H and O–H groups in total. The van der Waals surface area contributed by atoms with Gasteiger partial charge in [-0.3, -0.25) is 9.97 Å². The highest BCUT2D eigenvalue weighted by Gasteiger charge is 2.13. The lowest BCUT2D eigenvalue weighted by atomic mass is 10.2. The Labute approximate surface area is 115 Å². The van der Waals surface area contributed by atoms with Crippen LogP contribution >= 0.6 is 0 Å². The smallest absolute Gasteiger partial charge is 0.149 e. The van der Waals surface area contributed by atoms with E-state index in [0.29, 0.717) is 12.1 Å². The Kier molecular flexibility index (Phi) is 4.33. The van der Waals surface area contributed by atoms with Gasteiger partial charge in [0.1, 0.15) is 17.7 Å². The topological polar surface area (TPSA) is 61.6 Å². The fourth-order valence-corrected chi connectivity index (χ4v) is 1.69. The molecular weight excluding hydrogens is 262 g/mol. The third-order valence-electron chi connectivity index (χ3n) is 2.79. The summed E-state index contributed by atoms with van der Waals surface area (Å²) in [5, 5.41) is 11.7. The molecule has 0 aliphatic rings. The molecule has 1 unspecified atom stereocenters. The van der Waals surface area contributed by atoms with Crippen LogP contribution in [-0.4, -0.2) is 9.97 Å². The fraction of sp³-hybridized carbons (Fsp3) is 0.214. The summed E-state index contributed by atoms with van der Waals surface area (Å²) in [5.41, 5.74) is 1.35. The lowest BCUT2D eigenvalue weighted by Crippen LogP contribution is -2.21. The van der Waals surface area contributed by atoms with E-state index in [1.807, 2.05) is 6.07 Å². The standard InChI is InChI=1S/C14H12F2N4/c1-9(14-13(16)4-11(15)7-20-14)18-8-12-3-2-10(5-17)6-19-12/h2-4,6-7,9,18H,8H2,1H3. The van der Waals surface area contributed by atoms with Gasteiger partial charge >= 0.3 is 0 Å². The predicted octanol–water partition coefficient (Wildman–Crippen LogP) is 2.48. The second-order valence-corrected chi connectivity index (χ2v) is 4.27. The SMILES string of the molecule is CC(NCc1ccc(C#N)cn1)c1ncc(F)cc1F. The van der Waals surface area contributed by atoms with Crippen molar-refractivity contribution in [1.29, 1.82) is 5.26 Å². The minimum Gasteiger partial charge on any atom is -0.303 e. The lowest BCUT2D eigenvalue weighted by molar-refractivity contribution is 0.497. The highest BCUT2D eigenvalue weighted by atomic mass is 19.1. The molecule has 0 saturated heterocycles. The maximum Gasteiger partial charge on any atom is 0.149 e. The summed E-state index contributed by atoms with van der Waals surface area (Å²) >= 11 is 0. The van der Waals surface area contributed by atoms with E-state index < -0.39 is 11.6 Å². The number of rotatable bonds is 4. The fourth-order valence-electron chi connectivity index (χ4n) is 1.69. The minimum atomic E-state index is -0.702. The molecule has 0 aliphatic carbocycles. The van der Waals surface area contributed by atoms with E-state index in [2.05, 4.69) is 15.3 Å². The maximum absolute atomic E-state index is 13.5. The van der Waals surface area contributed by atoms with Crippen molar-refractivity contribution in [2.45, 2.75) is 19.5 Å². The molecule has 0 saturated carbocycles. The van der Waals surface area contributed by atoms with Crippen LogP contribution < -0.4 is 5.32 Å². The van der Waals surface area contributed by atoms with Gasteiger partial charge in [0.05, 0.1) is 23.1 Å². The van der Waals surface area contributed by atoms with Crippen LogP contribution in [0.3, 0.4) is 0 Å². The van der Waals surface area contributed by atoms with Gasteiger partial charge in [-0.1, -0.05) is 0 Å². The minimum absolute atomic E-state index is 0.153. The van der Waals surface area contributed by atoms with Gasteiger partial charge in [0, 0.05) is 24.8 Å². The second-order valence-electron chi connectivity index (χ2n) is 4.27. The number of hydrogen-bond acceptors (Lipinski definition) is 4.